The van der Waals surface area contributed by atoms with Crippen LogP contribution in [0.5, 0.6) is 5.75 Å². The molecule has 3 aromatic rings. The van der Waals surface area contributed by atoms with E-state index in [0.717, 1.165) is 0 Å². The zero-order valence-corrected chi connectivity index (χ0v) is 17.4. The lowest BCUT2D eigenvalue weighted by atomic mass is 9.87. The van der Waals surface area contributed by atoms with Crippen LogP contribution in [0.2, 0.25) is 5.02 Å². The third kappa shape index (κ3) is 5.40. The molecule has 6 heteroatoms. The molecule has 0 unspecified atom stereocenters. The van der Waals surface area contributed by atoms with Crippen molar-refractivity contribution in [2.75, 3.05) is 11.9 Å². The van der Waals surface area contributed by atoms with E-state index in [4.69, 9.17) is 25.9 Å². The van der Waals surface area contributed by atoms with Crippen LogP contribution in [0.3, 0.4) is 0 Å². The van der Waals surface area contributed by atoms with Gasteiger partial charge in [-0.25, -0.2) is 0 Å². The predicted octanol–water partition coefficient (Wildman–Crippen LogP) is 5.41. The highest BCUT2D eigenvalue weighted by molar-refractivity contribution is 6.33. The zero-order valence-electron chi connectivity index (χ0n) is 16.7. The minimum atomic E-state index is -0.283. The van der Waals surface area contributed by atoms with Crippen LogP contribution in [0, 0.1) is 0 Å². The zero-order chi connectivity index (χ0) is 21.0. The molecule has 0 aliphatic heterocycles. The number of rotatable bonds is 6. The van der Waals surface area contributed by atoms with Crippen molar-refractivity contribution in [1.82, 2.24) is 0 Å². The van der Waals surface area contributed by atoms with E-state index >= 15 is 0 Å². The third-order valence-corrected chi connectivity index (χ3v) is 4.74. The minimum Gasteiger partial charge on any atom is -0.484 e. The first-order valence-electron chi connectivity index (χ1n) is 9.29. The van der Waals surface area contributed by atoms with Crippen LogP contribution in [0.15, 0.2) is 59.0 Å². The predicted molar refractivity (Wildman–Crippen MR) is 114 cm³/mol. The summed E-state index contributed by atoms with van der Waals surface area (Å²) >= 11 is 6.32. The standard InChI is InChI=1S/C23H24ClNO4/c1-23(2,3)15-4-7-17(8-5-15)28-14-22(27)25-16-6-10-19(20(24)12-16)21-11-9-18(13-26)29-21/h4-12,26H,13-14H2,1-3H3,(H,25,27). The molecule has 0 aliphatic carbocycles. The van der Waals surface area contributed by atoms with Gasteiger partial charge in [-0.1, -0.05) is 44.5 Å². The van der Waals surface area contributed by atoms with Gasteiger partial charge in [0.1, 0.15) is 23.9 Å². The van der Waals surface area contributed by atoms with Crippen LogP contribution < -0.4 is 10.1 Å². The number of carbonyl (C=O) groups is 1. The lowest BCUT2D eigenvalue weighted by molar-refractivity contribution is -0.118. The van der Waals surface area contributed by atoms with E-state index in [2.05, 4.69) is 26.1 Å². The molecule has 0 radical (unpaired) electrons. The second kappa shape index (κ2) is 8.72. The fourth-order valence-electron chi connectivity index (χ4n) is 2.80. The molecule has 0 saturated carbocycles. The molecule has 2 N–H and O–H groups in total. The van der Waals surface area contributed by atoms with Crippen LogP contribution in [-0.2, 0) is 16.8 Å². The number of benzene rings is 2. The Morgan fingerprint density at radius 3 is 2.41 bits per heavy atom. The number of hydrogen-bond acceptors (Lipinski definition) is 4. The van der Waals surface area contributed by atoms with E-state index in [1.54, 1.807) is 30.3 Å². The summed E-state index contributed by atoms with van der Waals surface area (Å²) in [6.45, 7) is 6.15. The Hall–Kier alpha value is -2.76. The van der Waals surface area contributed by atoms with Crippen molar-refractivity contribution in [3.63, 3.8) is 0 Å². The Kier molecular flexibility index (Phi) is 6.30. The second-order valence-electron chi connectivity index (χ2n) is 7.73. The van der Waals surface area contributed by atoms with Gasteiger partial charge in [-0.05, 0) is 53.4 Å². The maximum atomic E-state index is 12.2. The first-order chi connectivity index (χ1) is 13.8. The highest BCUT2D eigenvalue weighted by Crippen LogP contribution is 2.31. The fraction of sp³-hybridized carbons (Fsp3) is 0.261. The van der Waals surface area contributed by atoms with Gasteiger partial charge in [0.25, 0.3) is 5.91 Å². The van der Waals surface area contributed by atoms with Crippen molar-refractivity contribution < 1.29 is 19.1 Å². The molecule has 1 amide bonds. The van der Waals surface area contributed by atoms with Crippen LogP contribution in [0.4, 0.5) is 5.69 Å². The summed E-state index contributed by atoms with van der Waals surface area (Å²) in [5.41, 5.74) is 2.51. The van der Waals surface area contributed by atoms with Gasteiger partial charge < -0.3 is 19.6 Å². The van der Waals surface area contributed by atoms with Crippen molar-refractivity contribution >= 4 is 23.2 Å². The summed E-state index contributed by atoms with van der Waals surface area (Å²) in [5.74, 6) is 1.37. The van der Waals surface area contributed by atoms with E-state index in [1.807, 2.05) is 24.3 Å². The molecule has 29 heavy (non-hydrogen) atoms. The first kappa shape index (κ1) is 21.0. The summed E-state index contributed by atoms with van der Waals surface area (Å²) < 4.78 is 11.1. The summed E-state index contributed by atoms with van der Waals surface area (Å²) in [4.78, 5) is 12.2. The number of amides is 1. The molecule has 5 nitrogen and oxygen atoms in total. The van der Waals surface area contributed by atoms with Crippen LogP contribution >= 0.6 is 11.6 Å². The normalized spacial score (nSPS) is 11.3. The molecule has 1 heterocycles. The SMILES string of the molecule is CC(C)(C)c1ccc(OCC(=O)Nc2ccc(-c3ccc(CO)o3)c(Cl)c2)cc1. The van der Waals surface area contributed by atoms with Gasteiger partial charge in [-0.2, -0.15) is 0 Å². The molecule has 1 aromatic heterocycles. The maximum absolute atomic E-state index is 12.2. The first-order valence-corrected chi connectivity index (χ1v) is 9.67. The second-order valence-corrected chi connectivity index (χ2v) is 8.14. The van der Waals surface area contributed by atoms with Crippen molar-refractivity contribution in [2.45, 2.75) is 32.8 Å². The van der Waals surface area contributed by atoms with Gasteiger partial charge >= 0.3 is 0 Å². The van der Waals surface area contributed by atoms with E-state index in [1.165, 1.54) is 5.56 Å². The van der Waals surface area contributed by atoms with E-state index in [9.17, 15) is 4.79 Å². The number of carbonyl (C=O) groups excluding carboxylic acids is 1. The lowest BCUT2D eigenvalue weighted by Gasteiger charge is -2.19. The molecule has 152 valence electrons. The number of nitrogens with one attached hydrogen (secondary N) is 1. The van der Waals surface area contributed by atoms with Gasteiger partial charge in [-0.15, -0.1) is 0 Å². The number of aliphatic hydroxyl groups excluding tert-OH is 1. The monoisotopic (exact) mass is 413 g/mol. The third-order valence-electron chi connectivity index (χ3n) is 4.43. The Labute approximate surface area is 175 Å². The van der Waals surface area contributed by atoms with Crippen molar-refractivity contribution in [1.29, 1.82) is 0 Å². The highest BCUT2D eigenvalue weighted by Gasteiger charge is 2.14. The molecule has 0 saturated heterocycles. The maximum Gasteiger partial charge on any atom is 0.262 e. The molecular formula is C23H24ClNO4. The Bertz CT molecular complexity index is 987. The van der Waals surface area contributed by atoms with Crippen molar-refractivity contribution in [3.8, 4) is 17.1 Å². The van der Waals surface area contributed by atoms with E-state index in [-0.39, 0.29) is 24.5 Å². The number of hydrogen-bond donors (Lipinski definition) is 2. The average Bonchev–Trinajstić information content (AvgIpc) is 3.15. The molecule has 3 rings (SSSR count). The lowest BCUT2D eigenvalue weighted by Crippen LogP contribution is -2.20. The Balaban J connectivity index is 1.58. The highest BCUT2D eigenvalue weighted by atomic mass is 35.5. The molecule has 2 aromatic carbocycles. The molecular weight excluding hydrogens is 390 g/mol. The summed E-state index contributed by atoms with van der Waals surface area (Å²) in [6.07, 6.45) is 0. The smallest absolute Gasteiger partial charge is 0.262 e. The molecule has 0 fully saturated rings. The van der Waals surface area contributed by atoms with Crippen LogP contribution in [0.25, 0.3) is 11.3 Å². The number of halogens is 1. The van der Waals surface area contributed by atoms with Crippen LogP contribution in [-0.4, -0.2) is 17.6 Å². The van der Waals surface area contributed by atoms with Gasteiger partial charge in [0.05, 0.1) is 5.02 Å². The summed E-state index contributed by atoms with van der Waals surface area (Å²) in [5, 5.41) is 12.3. The van der Waals surface area contributed by atoms with Gasteiger partial charge in [0, 0.05) is 11.3 Å². The van der Waals surface area contributed by atoms with Crippen LogP contribution in [0.1, 0.15) is 32.1 Å². The molecule has 0 atom stereocenters. The van der Waals surface area contributed by atoms with Gasteiger partial charge in [0.15, 0.2) is 6.61 Å². The molecule has 0 bridgehead atoms. The quantitative estimate of drug-likeness (QED) is 0.567. The number of ether oxygens (including phenoxy) is 1. The number of aliphatic hydroxyl groups is 1. The topological polar surface area (TPSA) is 71.7 Å². The molecule has 0 spiro atoms. The fourth-order valence-corrected chi connectivity index (χ4v) is 3.07. The van der Waals surface area contributed by atoms with Crippen molar-refractivity contribution in [2.24, 2.45) is 0 Å². The molecule has 0 aliphatic rings. The number of anilines is 1. The van der Waals surface area contributed by atoms with Gasteiger partial charge in [0.2, 0.25) is 0 Å². The number of furan rings is 1. The van der Waals surface area contributed by atoms with Crippen molar-refractivity contribution in [3.05, 3.63) is 70.9 Å². The largest absolute Gasteiger partial charge is 0.484 e. The Morgan fingerprint density at radius 1 is 1.10 bits per heavy atom. The van der Waals surface area contributed by atoms with E-state index < -0.39 is 0 Å². The summed E-state index contributed by atoms with van der Waals surface area (Å²) in [6, 6.07) is 16.3. The summed E-state index contributed by atoms with van der Waals surface area (Å²) in [7, 11) is 0. The van der Waals surface area contributed by atoms with Gasteiger partial charge in [-0.3, -0.25) is 4.79 Å². The Morgan fingerprint density at radius 2 is 1.83 bits per heavy atom. The average molecular weight is 414 g/mol. The minimum absolute atomic E-state index is 0.0661. The van der Waals surface area contributed by atoms with E-state index in [0.29, 0.717) is 33.5 Å².